The lowest BCUT2D eigenvalue weighted by Gasteiger charge is -2.10. The first kappa shape index (κ1) is 23.1. The van der Waals surface area contributed by atoms with Crippen LogP contribution in [0, 0.1) is 0 Å². The lowest BCUT2D eigenvalue weighted by atomic mass is 10.2. The molecule has 4 rings (SSSR count). The molecule has 2 heterocycles. The first-order valence-electron chi connectivity index (χ1n) is 9.98. The predicted molar refractivity (Wildman–Crippen MR) is 130 cm³/mol. The highest BCUT2D eigenvalue weighted by Crippen LogP contribution is 2.27. The third kappa shape index (κ3) is 5.49. The molecule has 4 aromatic rings. The van der Waals surface area contributed by atoms with Gasteiger partial charge in [0.25, 0.3) is 0 Å². The van der Waals surface area contributed by atoms with E-state index in [1.54, 1.807) is 48.9 Å². The number of thiazole rings is 1. The van der Waals surface area contributed by atoms with E-state index in [4.69, 9.17) is 0 Å². The van der Waals surface area contributed by atoms with Crippen molar-refractivity contribution in [2.24, 2.45) is 7.05 Å². The summed E-state index contributed by atoms with van der Waals surface area (Å²) >= 11 is 2.56. The lowest BCUT2D eigenvalue weighted by Crippen LogP contribution is -2.22. The van der Waals surface area contributed by atoms with E-state index >= 15 is 0 Å². The molecule has 33 heavy (non-hydrogen) atoms. The summed E-state index contributed by atoms with van der Waals surface area (Å²) < 4.78 is 26.9. The number of sulfone groups is 1. The van der Waals surface area contributed by atoms with Gasteiger partial charge in [-0.1, -0.05) is 60.3 Å². The number of benzene rings is 2. The van der Waals surface area contributed by atoms with Gasteiger partial charge in [-0.2, -0.15) is 0 Å². The van der Waals surface area contributed by atoms with Gasteiger partial charge < -0.3 is 9.88 Å². The Hall–Kier alpha value is -3.02. The van der Waals surface area contributed by atoms with Crippen molar-refractivity contribution in [2.75, 3.05) is 5.32 Å². The van der Waals surface area contributed by atoms with Gasteiger partial charge in [-0.25, -0.2) is 13.4 Å². The summed E-state index contributed by atoms with van der Waals surface area (Å²) in [5.74, 6) is -0.194. The summed E-state index contributed by atoms with van der Waals surface area (Å²) in [4.78, 5) is 17.4. The quantitative estimate of drug-likeness (QED) is 0.365. The van der Waals surface area contributed by atoms with Crippen LogP contribution >= 0.6 is 23.1 Å². The standard InChI is InChI=1S/C22H21N5O3S3/c1-15(20(28)24-21-23-18(13-31-21)16-9-5-3-6-10-16)32-22-26-25-19(27(22)2)14-33(29,30)17-11-7-4-8-12-17/h3-13,15H,14H2,1-2H3,(H,23,24,28). The molecule has 2 aromatic carbocycles. The number of aromatic nitrogens is 4. The normalized spacial score (nSPS) is 12.4. The number of nitrogens with one attached hydrogen (secondary N) is 1. The Bertz CT molecular complexity index is 1350. The molecule has 11 heteroatoms. The fraction of sp³-hybridized carbons (Fsp3) is 0.182. The zero-order valence-electron chi connectivity index (χ0n) is 17.9. The van der Waals surface area contributed by atoms with Crippen LogP contribution < -0.4 is 5.32 Å². The summed E-state index contributed by atoms with van der Waals surface area (Å²) in [6, 6.07) is 17.9. The summed E-state index contributed by atoms with van der Waals surface area (Å²) in [5, 5.41) is 13.3. The van der Waals surface area contributed by atoms with E-state index < -0.39 is 15.1 Å². The van der Waals surface area contributed by atoms with Gasteiger partial charge >= 0.3 is 0 Å². The number of thioether (sulfide) groups is 1. The molecular weight excluding hydrogens is 478 g/mol. The zero-order chi connectivity index (χ0) is 23.4. The van der Waals surface area contributed by atoms with Crippen LogP contribution in [0.15, 0.2) is 76.1 Å². The third-order valence-electron chi connectivity index (χ3n) is 4.80. The fourth-order valence-electron chi connectivity index (χ4n) is 2.95. The average molecular weight is 500 g/mol. The van der Waals surface area contributed by atoms with Gasteiger partial charge in [0.1, 0.15) is 11.6 Å². The van der Waals surface area contributed by atoms with Crippen molar-refractivity contribution in [3.05, 3.63) is 71.9 Å². The molecule has 0 bridgehead atoms. The molecule has 0 aliphatic heterocycles. The summed E-state index contributed by atoms with van der Waals surface area (Å²) in [7, 11) is -1.86. The molecule has 0 fully saturated rings. The van der Waals surface area contributed by atoms with Crippen molar-refractivity contribution in [3.63, 3.8) is 0 Å². The largest absolute Gasteiger partial charge is 0.308 e. The minimum Gasteiger partial charge on any atom is -0.308 e. The smallest absolute Gasteiger partial charge is 0.239 e. The SMILES string of the molecule is CC(Sc1nnc(CS(=O)(=O)c2ccccc2)n1C)C(=O)Nc1nc(-c2ccccc2)cs1. The van der Waals surface area contributed by atoms with Crippen molar-refractivity contribution in [1.29, 1.82) is 0 Å². The maximum Gasteiger partial charge on any atom is 0.239 e. The Labute approximate surface area is 200 Å². The Balaban J connectivity index is 1.40. The van der Waals surface area contributed by atoms with E-state index in [1.165, 1.54) is 23.1 Å². The van der Waals surface area contributed by atoms with Crippen LogP contribution in [-0.4, -0.2) is 39.3 Å². The Kier molecular flexibility index (Phi) is 6.91. The lowest BCUT2D eigenvalue weighted by molar-refractivity contribution is -0.115. The summed E-state index contributed by atoms with van der Waals surface area (Å²) in [6.07, 6.45) is 0. The third-order valence-corrected chi connectivity index (χ3v) is 8.32. The first-order chi connectivity index (χ1) is 15.8. The summed E-state index contributed by atoms with van der Waals surface area (Å²) in [5.41, 5.74) is 1.78. The van der Waals surface area contributed by atoms with Gasteiger partial charge in [0, 0.05) is 18.0 Å². The monoisotopic (exact) mass is 499 g/mol. The van der Waals surface area contributed by atoms with Crippen LogP contribution in [0.3, 0.4) is 0 Å². The van der Waals surface area contributed by atoms with Gasteiger partial charge in [0.2, 0.25) is 5.91 Å². The molecule has 0 radical (unpaired) electrons. The molecule has 1 atom stereocenters. The Morgan fingerprint density at radius 3 is 2.45 bits per heavy atom. The molecule has 1 unspecified atom stereocenters. The van der Waals surface area contributed by atoms with E-state index in [1.807, 2.05) is 35.7 Å². The second kappa shape index (κ2) is 9.86. The van der Waals surface area contributed by atoms with Crippen LogP contribution in [0.2, 0.25) is 0 Å². The minimum absolute atomic E-state index is 0.226. The number of hydrogen-bond acceptors (Lipinski definition) is 8. The molecular formula is C22H21N5O3S3. The molecule has 0 aliphatic rings. The molecule has 1 amide bonds. The summed E-state index contributed by atoms with van der Waals surface area (Å²) in [6.45, 7) is 1.75. The predicted octanol–water partition coefficient (Wildman–Crippen LogP) is 4.03. The molecule has 0 saturated heterocycles. The molecule has 2 aromatic heterocycles. The van der Waals surface area contributed by atoms with Crippen molar-refractivity contribution in [1.82, 2.24) is 19.7 Å². The molecule has 0 saturated carbocycles. The number of carbonyl (C=O) groups is 1. The molecule has 0 spiro atoms. The number of amides is 1. The zero-order valence-corrected chi connectivity index (χ0v) is 20.3. The van der Waals surface area contributed by atoms with Gasteiger partial charge in [-0.3, -0.25) is 4.79 Å². The number of anilines is 1. The number of carbonyl (C=O) groups excluding carboxylic acids is 1. The molecule has 1 N–H and O–H groups in total. The molecule has 8 nitrogen and oxygen atoms in total. The van der Waals surface area contributed by atoms with Gasteiger partial charge in [-0.05, 0) is 19.1 Å². The fourth-order valence-corrected chi connectivity index (χ4v) is 5.83. The highest BCUT2D eigenvalue weighted by atomic mass is 32.2. The number of nitrogens with zero attached hydrogens (tertiary/aromatic N) is 4. The Morgan fingerprint density at radius 2 is 1.76 bits per heavy atom. The van der Waals surface area contributed by atoms with Crippen molar-refractivity contribution in [2.45, 2.75) is 28.0 Å². The van der Waals surface area contributed by atoms with E-state index in [2.05, 4.69) is 20.5 Å². The highest BCUT2D eigenvalue weighted by Gasteiger charge is 2.23. The first-order valence-corrected chi connectivity index (χ1v) is 13.4. The van der Waals surface area contributed by atoms with Crippen LogP contribution in [0.5, 0.6) is 0 Å². The molecule has 170 valence electrons. The second-order valence-corrected chi connectivity index (χ2v) is 11.3. The van der Waals surface area contributed by atoms with E-state index in [9.17, 15) is 13.2 Å². The van der Waals surface area contributed by atoms with Crippen molar-refractivity contribution >= 4 is 44.0 Å². The van der Waals surface area contributed by atoms with Crippen LogP contribution in [0.1, 0.15) is 12.7 Å². The second-order valence-electron chi connectivity index (χ2n) is 7.18. The maximum atomic E-state index is 12.7. The van der Waals surface area contributed by atoms with E-state index in [0.717, 1.165) is 11.3 Å². The van der Waals surface area contributed by atoms with Crippen LogP contribution in [-0.2, 0) is 27.4 Å². The van der Waals surface area contributed by atoms with Crippen LogP contribution in [0.25, 0.3) is 11.3 Å². The average Bonchev–Trinajstić information content (AvgIpc) is 3.42. The maximum absolute atomic E-state index is 12.7. The highest BCUT2D eigenvalue weighted by molar-refractivity contribution is 8.00. The van der Waals surface area contributed by atoms with E-state index in [-0.39, 0.29) is 16.6 Å². The van der Waals surface area contributed by atoms with E-state index in [0.29, 0.717) is 16.1 Å². The number of hydrogen-bond donors (Lipinski definition) is 1. The van der Waals surface area contributed by atoms with Crippen molar-refractivity contribution < 1.29 is 13.2 Å². The van der Waals surface area contributed by atoms with Gasteiger partial charge in [0.15, 0.2) is 20.1 Å². The molecule has 0 aliphatic carbocycles. The minimum atomic E-state index is -3.55. The number of rotatable bonds is 8. The van der Waals surface area contributed by atoms with Gasteiger partial charge in [-0.15, -0.1) is 21.5 Å². The van der Waals surface area contributed by atoms with Crippen molar-refractivity contribution in [3.8, 4) is 11.3 Å². The van der Waals surface area contributed by atoms with Crippen LogP contribution in [0.4, 0.5) is 5.13 Å². The Morgan fingerprint density at radius 1 is 1.09 bits per heavy atom. The topological polar surface area (TPSA) is 107 Å². The van der Waals surface area contributed by atoms with Gasteiger partial charge in [0.05, 0.1) is 15.8 Å².